The fraction of sp³-hybridized carbons (Fsp3) is 0.562. The van der Waals surface area contributed by atoms with Crippen molar-refractivity contribution in [2.24, 2.45) is 11.8 Å². The number of ether oxygens (including phenoxy) is 1. The van der Waals surface area contributed by atoms with E-state index in [1.54, 1.807) is 7.11 Å². The molecule has 0 bridgehead atoms. The van der Waals surface area contributed by atoms with Crippen molar-refractivity contribution < 1.29 is 4.74 Å². The van der Waals surface area contributed by atoms with Gasteiger partial charge in [0.05, 0.1) is 19.1 Å². The molecule has 19 heavy (non-hydrogen) atoms. The molecule has 2 atom stereocenters. The van der Waals surface area contributed by atoms with Crippen molar-refractivity contribution in [1.82, 2.24) is 5.32 Å². The molecule has 1 N–H and O–H groups in total. The van der Waals surface area contributed by atoms with Gasteiger partial charge in [-0.25, -0.2) is 0 Å². The first-order valence-corrected chi connectivity index (χ1v) is 6.68. The number of hydrogen-bond donors (Lipinski definition) is 1. The second-order valence-corrected chi connectivity index (χ2v) is 5.35. The van der Waals surface area contributed by atoms with E-state index in [9.17, 15) is 5.26 Å². The minimum absolute atomic E-state index is 0.0443. The summed E-state index contributed by atoms with van der Waals surface area (Å²) in [6, 6.07) is 6.70. The third kappa shape index (κ3) is 3.27. The largest absolute Gasteiger partial charge is 0.496 e. The average molecular weight is 260 g/mol. The van der Waals surface area contributed by atoms with Crippen LogP contribution in [0.2, 0.25) is 0 Å². The molecular formula is C16H24N2O. The van der Waals surface area contributed by atoms with Crippen LogP contribution in [0, 0.1) is 37.0 Å². The van der Waals surface area contributed by atoms with Gasteiger partial charge >= 0.3 is 0 Å². The van der Waals surface area contributed by atoms with Crippen LogP contribution in [-0.2, 0) is 0 Å². The van der Waals surface area contributed by atoms with Gasteiger partial charge in [-0.15, -0.1) is 0 Å². The molecule has 3 nitrogen and oxygen atoms in total. The number of nitriles is 1. The molecule has 0 fully saturated rings. The van der Waals surface area contributed by atoms with Crippen molar-refractivity contribution in [1.29, 1.82) is 5.26 Å². The minimum Gasteiger partial charge on any atom is -0.496 e. The molecule has 0 aliphatic carbocycles. The summed E-state index contributed by atoms with van der Waals surface area (Å²) in [7, 11) is 3.60. The Morgan fingerprint density at radius 1 is 1.21 bits per heavy atom. The Hall–Kier alpha value is -1.53. The first kappa shape index (κ1) is 15.5. The normalized spacial score (nSPS) is 14.0. The van der Waals surface area contributed by atoms with Gasteiger partial charge in [0.1, 0.15) is 5.75 Å². The summed E-state index contributed by atoms with van der Waals surface area (Å²) in [5.74, 6) is 1.19. The van der Waals surface area contributed by atoms with E-state index in [-0.39, 0.29) is 12.0 Å². The van der Waals surface area contributed by atoms with Crippen LogP contribution in [-0.4, -0.2) is 14.2 Å². The number of aryl methyl sites for hydroxylation is 2. The van der Waals surface area contributed by atoms with E-state index in [0.717, 1.165) is 22.4 Å². The molecule has 0 aliphatic heterocycles. The maximum absolute atomic E-state index is 9.38. The van der Waals surface area contributed by atoms with Gasteiger partial charge in [-0.2, -0.15) is 5.26 Å². The Morgan fingerprint density at radius 3 is 2.05 bits per heavy atom. The summed E-state index contributed by atoms with van der Waals surface area (Å²) in [6.45, 7) is 8.25. The molecule has 0 heterocycles. The maximum atomic E-state index is 9.38. The highest BCUT2D eigenvalue weighted by atomic mass is 16.5. The van der Waals surface area contributed by atoms with Crippen molar-refractivity contribution >= 4 is 0 Å². The Kier molecular flexibility index (Phi) is 5.38. The fourth-order valence-corrected chi connectivity index (χ4v) is 2.65. The molecule has 0 aliphatic rings. The molecule has 104 valence electrons. The second kappa shape index (κ2) is 6.58. The molecule has 0 saturated carbocycles. The smallest absolute Gasteiger partial charge is 0.124 e. The van der Waals surface area contributed by atoms with Crippen molar-refractivity contribution in [3.63, 3.8) is 0 Å². The molecular weight excluding hydrogens is 236 g/mol. The second-order valence-electron chi connectivity index (χ2n) is 5.35. The first-order valence-electron chi connectivity index (χ1n) is 6.68. The van der Waals surface area contributed by atoms with Crippen molar-refractivity contribution in [3.8, 4) is 11.8 Å². The SMILES string of the molecule is CNC(c1cc(C)c(OC)c(C)c1)C(C#N)C(C)C. The molecule has 1 rings (SSSR count). The molecule has 0 amide bonds. The number of rotatable bonds is 5. The zero-order valence-electron chi connectivity index (χ0n) is 12.7. The van der Waals surface area contributed by atoms with Crippen molar-refractivity contribution in [3.05, 3.63) is 28.8 Å². The predicted octanol–water partition coefficient (Wildman–Crippen LogP) is 3.37. The van der Waals surface area contributed by atoms with Gasteiger partial charge < -0.3 is 10.1 Å². The van der Waals surface area contributed by atoms with Crippen LogP contribution in [0.25, 0.3) is 0 Å². The summed E-state index contributed by atoms with van der Waals surface area (Å²) < 4.78 is 5.39. The highest BCUT2D eigenvalue weighted by Gasteiger charge is 2.25. The van der Waals surface area contributed by atoms with E-state index in [2.05, 4.69) is 37.4 Å². The number of hydrogen-bond acceptors (Lipinski definition) is 3. The third-order valence-corrected chi connectivity index (χ3v) is 3.58. The highest BCUT2D eigenvalue weighted by molar-refractivity contribution is 5.44. The van der Waals surface area contributed by atoms with E-state index in [1.807, 2.05) is 20.9 Å². The first-order chi connectivity index (χ1) is 8.96. The monoisotopic (exact) mass is 260 g/mol. The lowest BCUT2D eigenvalue weighted by atomic mass is 9.84. The minimum atomic E-state index is -0.0443. The number of methoxy groups -OCH3 is 1. The average Bonchev–Trinajstić information content (AvgIpc) is 2.34. The molecule has 0 radical (unpaired) electrons. The third-order valence-electron chi connectivity index (χ3n) is 3.58. The van der Waals surface area contributed by atoms with Gasteiger partial charge in [0, 0.05) is 6.04 Å². The molecule has 0 spiro atoms. The van der Waals surface area contributed by atoms with E-state index < -0.39 is 0 Å². The lowest BCUT2D eigenvalue weighted by Gasteiger charge is -2.26. The predicted molar refractivity (Wildman–Crippen MR) is 78.2 cm³/mol. The summed E-state index contributed by atoms with van der Waals surface area (Å²) in [5.41, 5.74) is 3.37. The number of benzene rings is 1. The Balaban J connectivity index is 3.24. The Bertz CT molecular complexity index is 451. The molecule has 3 heteroatoms. The topological polar surface area (TPSA) is 45.0 Å². The van der Waals surface area contributed by atoms with Crippen molar-refractivity contribution in [2.45, 2.75) is 33.7 Å². The fourth-order valence-electron chi connectivity index (χ4n) is 2.65. The van der Waals surface area contributed by atoms with Crippen molar-refractivity contribution in [2.75, 3.05) is 14.2 Å². The van der Waals surface area contributed by atoms with Crippen LogP contribution >= 0.6 is 0 Å². The van der Waals surface area contributed by atoms with Crippen LogP contribution in [0.15, 0.2) is 12.1 Å². The van der Waals surface area contributed by atoms with Gasteiger partial charge in [-0.05, 0) is 43.5 Å². The van der Waals surface area contributed by atoms with Crippen LogP contribution in [0.5, 0.6) is 5.75 Å². The Morgan fingerprint density at radius 2 is 1.74 bits per heavy atom. The molecule has 1 aromatic rings. The standard InChI is InChI=1S/C16H24N2O/c1-10(2)14(9-17)15(18-5)13-7-11(3)16(19-6)12(4)8-13/h7-8,10,14-15,18H,1-6H3. The van der Waals surface area contributed by atoms with Gasteiger partial charge in [-0.1, -0.05) is 26.0 Å². The Labute approximate surface area is 116 Å². The zero-order valence-corrected chi connectivity index (χ0v) is 12.7. The van der Waals surface area contributed by atoms with Crippen LogP contribution in [0.4, 0.5) is 0 Å². The van der Waals surface area contributed by atoms with Crippen LogP contribution < -0.4 is 10.1 Å². The summed E-state index contributed by atoms with van der Waals surface area (Å²) in [4.78, 5) is 0. The zero-order chi connectivity index (χ0) is 14.6. The number of nitrogens with one attached hydrogen (secondary N) is 1. The molecule has 0 aromatic heterocycles. The summed E-state index contributed by atoms with van der Waals surface area (Å²) >= 11 is 0. The lowest BCUT2D eigenvalue weighted by Crippen LogP contribution is -2.28. The van der Waals surface area contributed by atoms with Crippen LogP contribution in [0.1, 0.15) is 36.6 Å². The van der Waals surface area contributed by atoms with Gasteiger partial charge in [-0.3, -0.25) is 0 Å². The van der Waals surface area contributed by atoms with E-state index in [1.165, 1.54) is 0 Å². The highest BCUT2D eigenvalue weighted by Crippen LogP contribution is 2.32. The van der Waals surface area contributed by atoms with E-state index in [4.69, 9.17) is 4.74 Å². The molecule has 2 unspecified atom stereocenters. The quantitative estimate of drug-likeness (QED) is 0.883. The van der Waals surface area contributed by atoms with Gasteiger partial charge in [0.25, 0.3) is 0 Å². The summed E-state index contributed by atoms with van der Waals surface area (Å²) in [5, 5.41) is 12.7. The number of nitrogens with zero attached hydrogens (tertiary/aromatic N) is 1. The maximum Gasteiger partial charge on any atom is 0.124 e. The van der Waals surface area contributed by atoms with Gasteiger partial charge in [0.2, 0.25) is 0 Å². The van der Waals surface area contributed by atoms with E-state index in [0.29, 0.717) is 5.92 Å². The van der Waals surface area contributed by atoms with E-state index >= 15 is 0 Å². The lowest BCUT2D eigenvalue weighted by molar-refractivity contribution is 0.361. The molecule has 0 saturated heterocycles. The van der Waals surface area contributed by atoms with Gasteiger partial charge in [0.15, 0.2) is 0 Å². The molecule has 1 aromatic carbocycles. The van der Waals surface area contributed by atoms with Crippen LogP contribution in [0.3, 0.4) is 0 Å². The summed E-state index contributed by atoms with van der Waals surface area (Å²) in [6.07, 6.45) is 0.